The van der Waals surface area contributed by atoms with Crippen molar-refractivity contribution >= 4 is 9.03 Å². The van der Waals surface area contributed by atoms with Gasteiger partial charge in [0.1, 0.15) is 11.5 Å². The van der Waals surface area contributed by atoms with E-state index in [2.05, 4.69) is 4.98 Å². The van der Waals surface area contributed by atoms with Gasteiger partial charge in [0.25, 0.3) is 0 Å². The van der Waals surface area contributed by atoms with Crippen molar-refractivity contribution in [3.63, 3.8) is 0 Å². The van der Waals surface area contributed by atoms with E-state index < -0.39 is 0 Å². The predicted octanol–water partition coefficient (Wildman–Crippen LogP) is 2.66. The molecule has 0 saturated heterocycles. The zero-order valence-electron chi connectivity index (χ0n) is 11.2. The Bertz CT molecular complexity index is 564. The first-order valence-corrected chi connectivity index (χ1v) is 6.99. The molecule has 1 unspecified atom stereocenters. The van der Waals surface area contributed by atoms with Crippen molar-refractivity contribution in [1.29, 1.82) is 0 Å². The summed E-state index contributed by atoms with van der Waals surface area (Å²) in [5.74, 6) is 0.899. The second kappa shape index (κ2) is 7.20. The quantitative estimate of drug-likeness (QED) is 0.632. The lowest BCUT2D eigenvalue weighted by Crippen LogP contribution is -2.05. The fourth-order valence-corrected chi connectivity index (χ4v) is 2.22. The van der Waals surface area contributed by atoms with Crippen molar-refractivity contribution < 1.29 is 14.2 Å². The van der Waals surface area contributed by atoms with Crippen molar-refractivity contribution in [2.24, 2.45) is 5.73 Å². The Morgan fingerprint density at radius 2 is 2.05 bits per heavy atom. The summed E-state index contributed by atoms with van der Waals surface area (Å²) in [5, 5.41) is 9.89. The maximum absolute atomic E-state index is 9.89. The Balaban J connectivity index is 1.90. The van der Waals surface area contributed by atoms with E-state index in [1.165, 1.54) is 0 Å². The third kappa shape index (κ3) is 3.67. The zero-order valence-corrected chi connectivity index (χ0v) is 12.2. The molecule has 0 spiro atoms. The molecule has 1 heterocycles. The van der Waals surface area contributed by atoms with E-state index in [1.54, 1.807) is 13.1 Å². The van der Waals surface area contributed by atoms with Crippen molar-refractivity contribution in [2.45, 2.75) is 20.1 Å². The highest BCUT2D eigenvalue weighted by Crippen LogP contribution is 2.27. The van der Waals surface area contributed by atoms with E-state index in [-0.39, 0.29) is 21.3 Å². The van der Waals surface area contributed by atoms with E-state index in [9.17, 15) is 5.11 Å². The number of hydrogen-bond donors (Lipinski definition) is 2. The van der Waals surface area contributed by atoms with Crippen molar-refractivity contribution in [3.05, 3.63) is 53.3 Å². The molecule has 106 valence electrons. The molecular weight excluding hydrogens is 275 g/mol. The first-order chi connectivity index (χ1) is 9.72. The van der Waals surface area contributed by atoms with Gasteiger partial charge in [-0.15, -0.1) is 0 Å². The molecule has 1 aromatic carbocycles. The summed E-state index contributed by atoms with van der Waals surface area (Å²) in [6, 6.07) is 9.44. The number of rotatable bonds is 6. The van der Waals surface area contributed by atoms with Crippen LogP contribution in [-0.2, 0) is 17.7 Å². The SMILES string of the molecule is Cc1ncc(COPOc2ccccc2)c(CN)c1O. The van der Waals surface area contributed by atoms with Gasteiger partial charge >= 0.3 is 0 Å². The van der Waals surface area contributed by atoms with Gasteiger partial charge in [0.05, 0.1) is 12.3 Å². The lowest BCUT2D eigenvalue weighted by Gasteiger charge is -2.11. The molecule has 0 radical (unpaired) electrons. The predicted molar refractivity (Wildman–Crippen MR) is 78.7 cm³/mol. The molecule has 0 amide bonds. The number of hydrogen-bond acceptors (Lipinski definition) is 5. The van der Waals surface area contributed by atoms with Gasteiger partial charge < -0.3 is 19.9 Å². The molecule has 5 nitrogen and oxygen atoms in total. The van der Waals surface area contributed by atoms with Crippen LogP contribution in [0.25, 0.3) is 0 Å². The maximum Gasteiger partial charge on any atom is 0.215 e. The number of nitrogens with zero attached hydrogens (tertiary/aromatic N) is 1. The van der Waals surface area contributed by atoms with Crippen molar-refractivity contribution in [3.8, 4) is 11.5 Å². The molecule has 0 aliphatic rings. The molecule has 0 aliphatic heterocycles. The number of para-hydroxylation sites is 1. The summed E-state index contributed by atoms with van der Waals surface area (Å²) >= 11 is 0. The molecule has 20 heavy (non-hydrogen) atoms. The fraction of sp³-hybridized carbons (Fsp3) is 0.214. The van der Waals surface area contributed by atoms with Crippen LogP contribution in [0.15, 0.2) is 36.5 Å². The second-order valence-electron chi connectivity index (χ2n) is 4.19. The number of aromatic hydroxyl groups is 1. The van der Waals surface area contributed by atoms with Crippen LogP contribution in [0.1, 0.15) is 16.8 Å². The zero-order chi connectivity index (χ0) is 14.4. The molecule has 2 rings (SSSR count). The number of aromatic nitrogens is 1. The van der Waals surface area contributed by atoms with Crippen molar-refractivity contribution in [2.75, 3.05) is 0 Å². The minimum absolute atomic E-state index is 0.123. The van der Waals surface area contributed by atoms with Gasteiger partial charge in [-0.05, 0) is 19.1 Å². The fourth-order valence-electron chi connectivity index (χ4n) is 1.71. The number of pyridine rings is 1. The first-order valence-electron chi connectivity index (χ1n) is 6.17. The first kappa shape index (κ1) is 14.7. The number of aryl methyl sites for hydroxylation is 1. The normalized spacial score (nSPS) is 11.1. The number of nitrogens with two attached hydrogens (primary N) is 1. The summed E-state index contributed by atoms with van der Waals surface area (Å²) in [6.07, 6.45) is 1.67. The Morgan fingerprint density at radius 3 is 2.75 bits per heavy atom. The van der Waals surface area contributed by atoms with Gasteiger partial charge in [-0.25, -0.2) is 0 Å². The molecule has 0 aliphatic carbocycles. The lowest BCUT2D eigenvalue weighted by molar-refractivity contribution is 0.316. The molecule has 2 aromatic rings. The molecule has 1 atom stereocenters. The summed E-state index contributed by atoms with van der Waals surface area (Å²) in [4.78, 5) is 4.10. The van der Waals surface area contributed by atoms with Crippen LogP contribution in [0, 0.1) is 6.92 Å². The standard InChI is InChI=1S/C14H17N2O3P/c1-10-14(17)13(7-15)11(8-16-10)9-18-20-19-12-5-3-2-4-6-12/h2-6,8,17,20H,7,9,15H2,1H3. The minimum Gasteiger partial charge on any atom is -0.506 e. The van der Waals surface area contributed by atoms with Crippen LogP contribution in [0.2, 0.25) is 0 Å². The summed E-state index contributed by atoms with van der Waals surface area (Å²) in [5.41, 5.74) is 7.66. The number of benzene rings is 1. The highest BCUT2D eigenvalue weighted by molar-refractivity contribution is 7.26. The third-order valence-corrected chi connectivity index (χ3v) is 3.40. The van der Waals surface area contributed by atoms with Crippen LogP contribution < -0.4 is 10.3 Å². The maximum atomic E-state index is 9.89. The average molecular weight is 292 g/mol. The van der Waals surface area contributed by atoms with E-state index >= 15 is 0 Å². The Hall–Kier alpha value is -1.68. The summed E-state index contributed by atoms with van der Waals surface area (Å²) in [7, 11) is -0.123. The Labute approximate surface area is 119 Å². The minimum atomic E-state index is -0.123. The average Bonchev–Trinajstić information content (AvgIpc) is 2.48. The van der Waals surface area contributed by atoms with Crippen LogP contribution in [0.3, 0.4) is 0 Å². The second-order valence-corrected chi connectivity index (χ2v) is 4.85. The van der Waals surface area contributed by atoms with E-state index in [0.29, 0.717) is 17.9 Å². The Morgan fingerprint density at radius 1 is 1.30 bits per heavy atom. The molecule has 0 fully saturated rings. The molecule has 0 saturated carbocycles. The van der Waals surface area contributed by atoms with Gasteiger partial charge in [0.2, 0.25) is 9.03 Å². The molecule has 6 heteroatoms. The lowest BCUT2D eigenvalue weighted by atomic mass is 10.1. The molecular formula is C14H17N2O3P. The van der Waals surface area contributed by atoms with Gasteiger partial charge in [-0.1, -0.05) is 18.2 Å². The van der Waals surface area contributed by atoms with Gasteiger partial charge in [0.15, 0.2) is 0 Å². The van der Waals surface area contributed by atoms with Gasteiger partial charge in [-0.3, -0.25) is 4.98 Å². The summed E-state index contributed by atoms with van der Waals surface area (Å²) in [6.45, 7) is 2.29. The highest BCUT2D eigenvalue weighted by Gasteiger charge is 2.10. The molecule has 1 aromatic heterocycles. The summed E-state index contributed by atoms with van der Waals surface area (Å²) < 4.78 is 10.9. The van der Waals surface area contributed by atoms with Crippen molar-refractivity contribution in [1.82, 2.24) is 4.98 Å². The van der Waals surface area contributed by atoms with Crippen LogP contribution in [0.5, 0.6) is 11.5 Å². The molecule has 3 N–H and O–H groups in total. The smallest absolute Gasteiger partial charge is 0.215 e. The van der Waals surface area contributed by atoms with Crippen LogP contribution in [0.4, 0.5) is 0 Å². The topological polar surface area (TPSA) is 77.6 Å². The van der Waals surface area contributed by atoms with Crippen LogP contribution in [-0.4, -0.2) is 10.1 Å². The van der Waals surface area contributed by atoms with E-state index in [4.69, 9.17) is 14.8 Å². The highest BCUT2D eigenvalue weighted by atomic mass is 31.1. The van der Waals surface area contributed by atoms with Gasteiger partial charge in [-0.2, -0.15) is 0 Å². The largest absolute Gasteiger partial charge is 0.506 e. The van der Waals surface area contributed by atoms with E-state index in [1.807, 2.05) is 30.3 Å². The van der Waals surface area contributed by atoms with Gasteiger partial charge in [0, 0.05) is 23.9 Å². The van der Waals surface area contributed by atoms with E-state index in [0.717, 1.165) is 11.3 Å². The molecule has 0 bridgehead atoms. The van der Waals surface area contributed by atoms with Crippen LogP contribution >= 0.6 is 9.03 Å². The monoisotopic (exact) mass is 292 g/mol. The Kier molecular flexibility index (Phi) is 5.30. The third-order valence-electron chi connectivity index (χ3n) is 2.82.